The minimum atomic E-state index is -0.959. The Morgan fingerprint density at radius 2 is 1.85 bits per heavy atom. The number of ether oxygens (including phenoxy) is 1. The van der Waals surface area contributed by atoms with Crippen LogP contribution in [0.3, 0.4) is 0 Å². The fourth-order valence-electron chi connectivity index (χ4n) is 2.66. The summed E-state index contributed by atoms with van der Waals surface area (Å²) in [4.78, 5) is 29.3. The number of carbonyl (C=O) groups is 2. The smallest absolute Gasteiger partial charge is 0.331 e. The number of nitrogens with one attached hydrogen (secondary N) is 1. The molecule has 1 N–H and O–H groups in total. The first-order valence-corrected chi connectivity index (χ1v) is 9.60. The number of amides is 1. The summed E-state index contributed by atoms with van der Waals surface area (Å²) in [5.41, 5.74) is 1.54. The molecule has 0 bridgehead atoms. The fraction of sp³-hybridized carbons (Fsp3) is 0.190. The lowest BCUT2D eigenvalue weighted by Gasteiger charge is -2.17. The standard InChI is InChI=1S/C21H18N2O3S/c24-19(13-12-18-23-16-8-4-5-9-17(16)27-18)26-20(14-6-2-1-3-7-14)21(25)22-15-10-11-15/h1-9,12-13,15,20H,10-11H2,(H,22,25)/b13-12+/t20-/m1/s1. The first kappa shape index (κ1) is 17.4. The maximum Gasteiger partial charge on any atom is 0.331 e. The summed E-state index contributed by atoms with van der Waals surface area (Å²) in [6.07, 6.45) is 3.92. The van der Waals surface area contributed by atoms with Gasteiger partial charge >= 0.3 is 5.97 Å². The highest BCUT2D eigenvalue weighted by atomic mass is 32.1. The zero-order valence-corrected chi connectivity index (χ0v) is 15.3. The molecule has 1 saturated carbocycles. The topological polar surface area (TPSA) is 68.3 Å². The first-order chi connectivity index (χ1) is 13.2. The van der Waals surface area contributed by atoms with E-state index in [4.69, 9.17) is 4.74 Å². The van der Waals surface area contributed by atoms with Crippen molar-refractivity contribution in [3.05, 3.63) is 71.2 Å². The van der Waals surface area contributed by atoms with E-state index >= 15 is 0 Å². The van der Waals surface area contributed by atoms with Gasteiger partial charge in [-0.15, -0.1) is 11.3 Å². The van der Waals surface area contributed by atoms with Gasteiger partial charge in [0, 0.05) is 17.7 Å². The van der Waals surface area contributed by atoms with Crippen LogP contribution in [0, 0.1) is 0 Å². The lowest BCUT2D eigenvalue weighted by molar-refractivity contribution is -0.151. The number of rotatable bonds is 6. The predicted octanol–water partition coefficient (Wildman–Crippen LogP) is 3.87. The molecule has 0 saturated heterocycles. The van der Waals surface area contributed by atoms with Gasteiger partial charge in [0.15, 0.2) is 0 Å². The Balaban J connectivity index is 1.47. The van der Waals surface area contributed by atoms with Crippen LogP contribution in [0.15, 0.2) is 60.7 Å². The first-order valence-electron chi connectivity index (χ1n) is 8.78. The van der Waals surface area contributed by atoms with Crippen molar-refractivity contribution in [2.45, 2.75) is 25.0 Å². The molecule has 5 nitrogen and oxygen atoms in total. The van der Waals surface area contributed by atoms with E-state index in [2.05, 4.69) is 10.3 Å². The van der Waals surface area contributed by atoms with Crippen molar-refractivity contribution >= 4 is 39.5 Å². The number of nitrogens with zero attached hydrogens (tertiary/aromatic N) is 1. The molecular weight excluding hydrogens is 360 g/mol. The van der Waals surface area contributed by atoms with Crippen LogP contribution in [-0.4, -0.2) is 22.9 Å². The summed E-state index contributed by atoms with van der Waals surface area (Å²) in [5, 5.41) is 3.61. The molecule has 1 aliphatic carbocycles. The Bertz CT molecular complexity index is 960. The van der Waals surface area contributed by atoms with Crippen LogP contribution in [0.2, 0.25) is 0 Å². The zero-order valence-electron chi connectivity index (χ0n) is 14.5. The average molecular weight is 378 g/mol. The van der Waals surface area contributed by atoms with Crippen LogP contribution in [0.5, 0.6) is 0 Å². The minimum absolute atomic E-state index is 0.195. The number of aromatic nitrogens is 1. The van der Waals surface area contributed by atoms with E-state index in [0.29, 0.717) is 10.6 Å². The summed E-state index contributed by atoms with van der Waals surface area (Å²) in [6, 6.07) is 17.0. The second-order valence-corrected chi connectivity index (χ2v) is 7.43. The summed E-state index contributed by atoms with van der Waals surface area (Å²) < 4.78 is 6.51. The third-order valence-electron chi connectivity index (χ3n) is 4.17. The van der Waals surface area contributed by atoms with E-state index in [9.17, 15) is 9.59 Å². The van der Waals surface area contributed by atoms with Gasteiger partial charge < -0.3 is 10.1 Å². The maximum absolute atomic E-state index is 12.5. The fourth-order valence-corrected chi connectivity index (χ4v) is 3.53. The highest BCUT2D eigenvalue weighted by Crippen LogP contribution is 2.24. The van der Waals surface area contributed by atoms with Gasteiger partial charge in [0.2, 0.25) is 6.10 Å². The Labute approximate surface area is 160 Å². The number of hydrogen-bond donors (Lipinski definition) is 1. The van der Waals surface area contributed by atoms with Crippen LogP contribution in [-0.2, 0) is 14.3 Å². The molecule has 0 unspecified atom stereocenters. The molecule has 0 radical (unpaired) electrons. The van der Waals surface area contributed by atoms with Crippen LogP contribution in [0.1, 0.15) is 29.5 Å². The lowest BCUT2D eigenvalue weighted by atomic mass is 10.1. The molecule has 0 spiro atoms. The largest absolute Gasteiger partial charge is 0.444 e. The molecule has 0 aliphatic heterocycles. The van der Waals surface area contributed by atoms with Crippen LogP contribution in [0.4, 0.5) is 0 Å². The molecule has 3 aromatic rings. The van der Waals surface area contributed by atoms with Gasteiger partial charge in [-0.2, -0.15) is 0 Å². The zero-order chi connectivity index (χ0) is 18.6. The van der Waals surface area contributed by atoms with Gasteiger partial charge in [-0.25, -0.2) is 9.78 Å². The molecular formula is C21H18N2O3S. The van der Waals surface area contributed by atoms with Gasteiger partial charge in [0.25, 0.3) is 5.91 Å². The van der Waals surface area contributed by atoms with Gasteiger partial charge in [-0.1, -0.05) is 42.5 Å². The molecule has 6 heteroatoms. The van der Waals surface area contributed by atoms with E-state index in [0.717, 1.165) is 23.1 Å². The van der Waals surface area contributed by atoms with Crippen molar-refractivity contribution in [1.82, 2.24) is 10.3 Å². The van der Waals surface area contributed by atoms with Gasteiger partial charge in [-0.05, 0) is 31.1 Å². The number of para-hydroxylation sites is 1. The molecule has 1 atom stereocenters. The molecule has 4 rings (SSSR count). The SMILES string of the molecule is O=C(/C=C/c1nc2ccccc2s1)O[C@@H](C(=O)NC1CC1)c1ccccc1. The molecule has 1 aromatic heterocycles. The summed E-state index contributed by atoms with van der Waals surface area (Å²) in [5.74, 6) is -0.862. The third-order valence-corrected chi connectivity index (χ3v) is 5.17. The third kappa shape index (κ3) is 4.41. The highest BCUT2D eigenvalue weighted by Gasteiger charge is 2.30. The summed E-state index contributed by atoms with van der Waals surface area (Å²) >= 11 is 1.49. The van der Waals surface area contributed by atoms with E-state index < -0.39 is 12.1 Å². The molecule has 1 aliphatic rings. The van der Waals surface area contributed by atoms with Crippen molar-refractivity contribution in [2.24, 2.45) is 0 Å². The molecule has 2 aromatic carbocycles. The predicted molar refractivity (Wildman–Crippen MR) is 105 cm³/mol. The second-order valence-electron chi connectivity index (χ2n) is 6.36. The number of fused-ring (bicyclic) bond motifs is 1. The van der Waals surface area contributed by atoms with Crippen molar-refractivity contribution in [1.29, 1.82) is 0 Å². The Morgan fingerprint density at radius 1 is 1.11 bits per heavy atom. The molecule has 1 amide bonds. The van der Waals surface area contributed by atoms with E-state index in [1.807, 2.05) is 42.5 Å². The van der Waals surface area contributed by atoms with Crippen LogP contribution < -0.4 is 5.32 Å². The Kier molecular flexibility index (Phi) is 4.98. The normalized spacial score (nSPS) is 15.0. The van der Waals surface area contributed by atoms with E-state index in [1.165, 1.54) is 17.4 Å². The number of carbonyl (C=O) groups excluding carboxylic acids is 2. The number of thiazole rings is 1. The second kappa shape index (κ2) is 7.72. The maximum atomic E-state index is 12.5. The number of benzene rings is 2. The molecule has 27 heavy (non-hydrogen) atoms. The quantitative estimate of drug-likeness (QED) is 0.522. The van der Waals surface area contributed by atoms with Gasteiger partial charge in [-0.3, -0.25) is 4.79 Å². The number of esters is 1. The van der Waals surface area contributed by atoms with Gasteiger partial charge in [0.1, 0.15) is 5.01 Å². The minimum Gasteiger partial charge on any atom is -0.444 e. The lowest BCUT2D eigenvalue weighted by Crippen LogP contribution is -2.33. The van der Waals surface area contributed by atoms with Crippen molar-refractivity contribution in [3.8, 4) is 0 Å². The Hall–Kier alpha value is -2.99. The van der Waals surface area contributed by atoms with Crippen molar-refractivity contribution in [2.75, 3.05) is 0 Å². The molecule has 136 valence electrons. The van der Waals surface area contributed by atoms with Crippen LogP contribution in [0.25, 0.3) is 16.3 Å². The van der Waals surface area contributed by atoms with E-state index in [1.54, 1.807) is 18.2 Å². The highest BCUT2D eigenvalue weighted by molar-refractivity contribution is 7.19. The molecule has 1 fully saturated rings. The van der Waals surface area contributed by atoms with Gasteiger partial charge in [0.05, 0.1) is 10.2 Å². The monoisotopic (exact) mass is 378 g/mol. The Morgan fingerprint density at radius 3 is 2.59 bits per heavy atom. The summed E-state index contributed by atoms with van der Waals surface area (Å²) in [6.45, 7) is 0. The molecule has 1 heterocycles. The number of hydrogen-bond acceptors (Lipinski definition) is 5. The van der Waals surface area contributed by atoms with Crippen LogP contribution >= 0.6 is 11.3 Å². The average Bonchev–Trinajstić information content (AvgIpc) is 3.40. The van der Waals surface area contributed by atoms with E-state index in [-0.39, 0.29) is 11.9 Å². The van der Waals surface area contributed by atoms with Crippen molar-refractivity contribution in [3.63, 3.8) is 0 Å². The summed E-state index contributed by atoms with van der Waals surface area (Å²) in [7, 11) is 0. The van der Waals surface area contributed by atoms with Crippen molar-refractivity contribution < 1.29 is 14.3 Å².